The van der Waals surface area contributed by atoms with Crippen molar-refractivity contribution in [2.75, 3.05) is 20.7 Å². The molecule has 0 radical (unpaired) electrons. The standard InChI is InChI=1S/C26H30N2O2/c1-27-24(18-19-25(29)28-2)20-30-26(21-12-6-3-7-13-21,22-14-8-4-9-15-22)23-16-10-5-11-17-23/h3-17,24,27H,18-20H2,1-2H3,(H,28,29)/t24-/m0/s1. The Labute approximate surface area is 179 Å². The number of benzene rings is 3. The monoisotopic (exact) mass is 402 g/mol. The Morgan fingerprint density at radius 3 is 1.60 bits per heavy atom. The minimum Gasteiger partial charge on any atom is -0.359 e. The highest BCUT2D eigenvalue weighted by molar-refractivity contribution is 5.75. The van der Waals surface area contributed by atoms with Gasteiger partial charge in [0.15, 0.2) is 0 Å². The Hall–Kier alpha value is -2.95. The van der Waals surface area contributed by atoms with E-state index in [-0.39, 0.29) is 11.9 Å². The van der Waals surface area contributed by atoms with Gasteiger partial charge in [0, 0.05) is 19.5 Å². The summed E-state index contributed by atoms with van der Waals surface area (Å²) in [5.74, 6) is 0.0377. The van der Waals surface area contributed by atoms with E-state index in [0.29, 0.717) is 19.4 Å². The first-order valence-electron chi connectivity index (χ1n) is 10.4. The molecule has 0 aliphatic heterocycles. The van der Waals surface area contributed by atoms with Crippen molar-refractivity contribution in [2.45, 2.75) is 24.5 Å². The number of ether oxygens (including phenoxy) is 1. The first kappa shape index (κ1) is 21.8. The van der Waals surface area contributed by atoms with Crippen molar-refractivity contribution in [1.82, 2.24) is 10.6 Å². The van der Waals surface area contributed by atoms with Crippen LogP contribution in [-0.2, 0) is 15.1 Å². The lowest BCUT2D eigenvalue weighted by Crippen LogP contribution is -2.39. The van der Waals surface area contributed by atoms with Gasteiger partial charge in [0.1, 0.15) is 5.60 Å². The minimum atomic E-state index is -0.744. The topological polar surface area (TPSA) is 50.4 Å². The number of likely N-dealkylation sites (N-methyl/N-ethyl adjacent to an activating group) is 1. The van der Waals surface area contributed by atoms with Crippen LogP contribution in [0.1, 0.15) is 29.5 Å². The molecule has 1 amide bonds. The summed E-state index contributed by atoms with van der Waals surface area (Å²) in [6.07, 6.45) is 1.16. The van der Waals surface area contributed by atoms with Crippen LogP contribution in [0.5, 0.6) is 0 Å². The van der Waals surface area contributed by atoms with Crippen molar-refractivity contribution in [3.05, 3.63) is 108 Å². The molecule has 1 atom stereocenters. The summed E-state index contributed by atoms with van der Waals surface area (Å²) in [6, 6.07) is 31.0. The molecule has 0 aliphatic rings. The maximum absolute atomic E-state index is 11.7. The third-order valence-corrected chi connectivity index (χ3v) is 5.45. The first-order chi connectivity index (χ1) is 14.7. The highest BCUT2D eigenvalue weighted by Crippen LogP contribution is 2.40. The van der Waals surface area contributed by atoms with Crippen LogP contribution in [0.4, 0.5) is 0 Å². The molecule has 0 aliphatic carbocycles. The van der Waals surface area contributed by atoms with Crippen LogP contribution in [0.2, 0.25) is 0 Å². The summed E-state index contributed by atoms with van der Waals surface area (Å²) >= 11 is 0. The van der Waals surface area contributed by atoms with Gasteiger partial charge in [0.25, 0.3) is 0 Å². The number of rotatable bonds is 10. The molecule has 3 aromatic rings. The SMILES string of the molecule is CNC(=O)CC[C@@H](COC(c1ccccc1)(c1ccccc1)c1ccccc1)NC. The average Bonchev–Trinajstić information content (AvgIpc) is 2.83. The Morgan fingerprint density at radius 2 is 1.23 bits per heavy atom. The summed E-state index contributed by atoms with van der Waals surface area (Å²) < 4.78 is 6.81. The molecule has 0 bridgehead atoms. The van der Waals surface area contributed by atoms with Crippen molar-refractivity contribution in [2.24, 2.45) is 0 Å². The molecule has 0 saturated carbocycles. The molecule has 0 fully saturated rings. The van der Waals surface area contributed by atoms with E-state index >= 15 is 0 Å². The fourth-order valence-corrected chi connectivity index (χ4v) is 3.74. The fourth-order valence-electron chi connectivity index (χ4n) is 3.74. The Morgan fingerprint density at radius 1 is 0.800 bits per heavy atom. The van der Waals surface area contributed by atoms with Gasteiger partial charge in [-0.05, 0) is 30.2 Å². The summed E-state index contributed by atoms with van der Waals surface area (Å²) in [7, 11) is 3.57. The highest BCUT2D eigenvalue weighted by atomic mass is 16.5. The minimum absolute atomic E-state index is 0.0377. The normalized spacial score (nSPS) is 12.3. The second-order valence-electron chi connectivity index (χ2n) is 7.29. The molecule has 0 spiro atoms. The van der Waals surface area contributed by atoms with Crippen LogP contribution in [0.15, 0.2) is 91.0 Å². The largest absolute Gasteiger partial charge is 0.359 e. The molecular weight excluding hydrogens is 372 g/mol. The number of hydrogen-bond acceptors (Lipinski definition) is 3. The molecule has 0 saturated heterocycles. The lowest BCUT2D eigenvalue weighted by atomic mass is 9.80. The van der Waals surface area contributed by atoms with Crippen molar-refractivity contribution in [3.8, 4) is 0 Å². The van der Waals surface area contributed by atoms with Gasteiger partial charge in [-0.1, -0.05) is 91.0 Å². The maximum atomic E-state index is 11.7. The van der Waals surface area contributed by atoms with Crippen molar-refractivity contribution < 1.29 is 9.53 Å². The third-order valence-electron chi connectivity index (χ3n) is 5.45. The average molecular weight is 403 g/mol. The number of nitrogens with one attached hydrogen (secondary N) is 2. The molecular formula is C26H30N2O2. The van der Waals surface area contributed by atoms with Crippen LogP contribution in [-0.4, -0.2) is 32.7 Å². The molecule has 2 N–H and O–H groups in total. The zero-order chi connectivity index (χ0) is 21.2. The molecule has 156 valence electrons. The van der Waals surface area contributed by atoms with Crippen molar-refractivity contribution in [1.29, 1.82) is 0 Å². The van der Waals surface area contributed by atoms with Gasteiger partial charge in [-0.3, -0.25) is 4.79 Å². The molecule has 3 aromatic carbocycles. The summed E-state index contributed by atoms with van der Waals surface area (Å²) in [5, 5.41) is 5.99. The van der Waals surface area contributed by atoms with Gasteiger partial charge in [0.2, 0.25) is 5.91 Å². The molecule has 0 aromatic heterocycles. The summed E-state index contributed by atoms with van der Waals surface area (Å²) in [6.45, 7) is 0.464. The lowest BCUT2D eigenvalue weighted by molar-refractivity contribution is -0.120. The van der Waals surface area contributed by atoms with E-state index in [9.17, 15) is 4.79 Å². The number of carbonyl (C=O) groups is 1. The molecule has 0 heterocycles. The third kappa shape index (κ3) is 4.96. The maximum Gasteiger partial charge on any atom is 0.219 e. The fraction of sp³-hybridized carbons (Fsp3) is 0.269. The van der Waals surface area contributed by atoms with Gasteiger partial charge in [-0.2, -0.15) is 0 Å². The molecule has 4 nitrogen and oxygen atoms in total. The Bertz CT molecular complexity index is 801. The van der Waals surface area contributed by atoms with Crippen LogP contribution < -0.4 is 10.6 Å². The van der Waals surface area contributed by atoms with Gasteiger partial charge in [-0.25, -0.2) is 0 Å². The second-order valence-corrected chi connectivity index (χ2v) is 7.29. The second kappa shape index (κ2) is 10.7. The predicted molar refractivity (Wildman–Crippen MR) is 121 cm³/mol. The number of carbonyl (C=O) groups excluding carboxylic acids is 1. The Balaban J connectivity index is 2.02. The van der Waals surface area contributed by atoms with Gasteiger partial charge >= 0.3 is 0 Å². The molecule has 4 heteroatoms. The van der Waals surface area contributed by atoms with Crippen molar-refractivity contribution >= 4 is 5.91 Å². The zero-order valence-corrected chi connectivity index (χ0v) is 17.7. The summed E-state index contributed by atoms with van der Waals surface area (Å²) in [5.41, 5.74) is 2.47. The smallest absolute Gasteiger partial charge is 0.219 e. The molecule has 30 heavy (non-hydrogen) atoms. The number of amides is 1. The van der Waals surface area contributed by atoms with E-state index in [1.165, 1.54) is 0 Å². The zero-order valence-electron chi connectivity index (χ0n) is 17.7. The van der Waals surface area contributed by atoms with Crippen LogP contribution in [0, 0.1) is 0 Å². The van der Waals surface area contributed by atoms with Gasteiger partial charge < -0.3 is 15.4 Å². The van der Waals surface area contributed by atoms with E-state index in [1.54, 1.807) is 7.05 Å². The van der Waals surface area contributed by atoms with E-state index in [2.05, 4.69) is 47.0 Å². The summed E-state index contributed by atoms with van der Waals surface area (Å²) in [4.78, 5) is 11.7. The first-order valence-corrected chi connectivity index (χ1v) is 10.4. The van der Waals surface area contributed by atoms with E-state index in [0.717, 1.165) is 16.7 Å². The van der Waals surface area contributed by atoms with Gasteiger partial charge in [-0.15, -0.1) is 0 Å². The van der Waals surface area contributed by atoms with Crippen LogP contribution in [0.3, 0.4) is 0 Å². The van der Waals surface area contributed by atoms with Crippen LogP contribution >= 0.6 is 0 Å². The number of hydrogen-bond donors (Lipinski definition) is 2. The lowest BCUT2D eigenvalue weighted by Gasteiger charge is -2.37. The van der Waals surface area contributed by atoms with Gasteiger partial charge in [0.05, 0.1) is 6.61 Å². The Kier molecular flexibility index (Phi) is 7.77. The predicted octanol–water partition coefficient (Wildman–Crippen LogP) is 4.11. The van der Waals surface area contributed by atoms with Crippen molar-refractivity contribution in [3.63, 3.8) is 0 Å². The quantitative estimate of drug-likeness (QED) is 0.502. The van der Waals surface area contributed by atoms with E-state index in [1.807, 2.05) is 61.6 Å². The highest BCUT2D eigenvalue weighted by Gasteiger charge is 2.38. The van der Waals surface area contributed by atoms with E-state index < -0.39 is 5.60 Å². The van der Waals surface area contributed by atoms with E-state index in [4.69, 9.17) is 4.74 Å². The van der Waals surface area contributed by atoms with Crippen LogP contribution in [0.25, 0.3) is 0 Å². The molecule has 3 rings (SSSR count). The molecule has 0 unspecified atom stereocenters.